The van der Waals surface area contributed by atoms with E-state index in [1.165, 1.54) is 26.9 Å². The topological polar surface area (TPSA) is 41.7 Å². The van der Waals surface area contributed by atoms with E-state index in [0.29, 0.717) is 0 Å². The molecule has 1 unspecified atom stereocenters. The Morgan fingerprint density at radius 1 is 1.05 bits per heavy atom. The van der Waals surface area contributed by atoms with Gasteiger partial charge in [-0.2, -0.15) is 0 Å². The molecule has 1 aliphatic rings. The van der Waals surface area contributed by atoms with Crippen molar-refractivity contribution in [1.82, 2.24) is 0 Å². The van der Waals surface area contributed by atoms with Gasteiger partial charge in [0.15, 0.2) is 5.69 Å². The Morgan fingerprint density at radius 3 is 2.68 bits per heavy atom. The molecule has 0 spiro atoms. The summed E-state index contributed by atoms with van der Waals surface area (Å²) >= 11 is 0. The second-order valence-corrected chi connectivity index (χ2v) is 5.56. The number of carboxylic acid groups (broad SMARTS) is 1. The molecule has 3 rings (SSSR count). The summed E-state index contributed by atoms with van der Waals surface area (Å²) in [7, 11) is 0. The molecule has 1 atom stereocenters. The van der Waals surface area contributed by atoms with Gasteiger partial charge in [-0.15, -0.1) is 0 Å². The van der Waals surface area contributed by atoms with E-state index >= 15 is 0 Å². The lowest BCUT2D eigenvalue weighted by atomic mass is 10.0. The first-order valence-electron chi connectivity index (χ1n) is 7.53. The SMILES string of the molecule is O=C(O)CCCCC[NH+]1C=Cc2ccc3ccccc3c21.[Br-]. The van der Waals surface area contributed by atoms with E-state index in [1.807, 2.05) is 0 Å². The van der Waals surface area contributed by atoms with Crippen LogP contribution in [-0.2, 0) is 4.79 Å². The second-order valence-electron chi connectivity index (χ2n) is 5.56. The number of benzene rings is 2. The standard InChI is InChI=1S/C18H19NO2.BrH/c20-17(21)8-2-1-5-12-19-13-11-15-10-9-14-6-3-4-7-16(14)18(15)19;/h3-4,6-7,9-11,13H,1-2,5,8,12H2,(H,20,21);1H. The minimum atomic E-state index is -0.695. The van der Waals surface area contributed by atoms with Crippen LogP contribution in [0, 0.1) is 0 Å². The summed E-state index contributed by atoms with van der Waals surface area (Å²) in [5.41, 5.74) is 2.67. The van der Waals surface area contributed by atoms with Gasteiger partial charge in [0.1, 0.15) is 6.20 Å². The van der Waals surface area contributed by atoms with Gasteiger partial charge in [-0.3, -0.25) is 9.69 Å². The van der Waals surface area contributed by atoms with Gasteiger partial charge in [-0.05, 0) is 36.8 Å². The fourth-order valence-corrected chi connectivity index (χ4v) is 3.04. The van der Waals surface area contributed by atoms with Gasteiger partial charge >= 0.3 is 5.97 Å². The van der Waals surface area contributed by atoms with Crippen LogP contribution in [0.2, 0.25) is 0 Å². The normalized spacial score (nSPS) is 15.5. The lowest BCUT2D eigenvalue weighted by Crippen LogP contribution is -3.01. The Kier molecular flexibility index (Phi) is 5.75. The number of quaternary nitrogens is 1. The number of aliphatic carboxylic acids is 1. The molecule has 1 heterocycles. The average Bonchev–Trinajstić information content (AvgIpc) is 2.90. The number of carbonyl (C=O) groups is 1. The second kappa shape index (κ2) is 7.56. The minimum Gasteiger partial charge on any atom is -1.00 e. The fourth-order valence-electron chi connectivity index (χ4n) is 3.04. The van der Waals surface area contributed by atoms with Crippen molar-refractivity contribution >= 4 is 28.5 Å². The van der Waals surface area contributed by atoms with E-state index in [-0.39, 0.29) is 23.4 Å². The number of halogens is 1. The van der Waals surface area contributed by atoms with Crippen molar-refractivity contribution in [3.63, 3.8) is 0 Å². The Bertz CT molecular complexity index is 697. The Labute approximate surface area is 141 Å². The zero-order valence-electron chi connectivity index (χ0n) is 12.4. The van der Waals surface area contributed by atoms with Crippen molar-refractivity contribution < 1.29 is 31.8 Å². The summed E-state index contributed by atoms with van der Waals surface area (Å²) in [5, 5.41) is 11.3. The Hall–Kier alpha value is -1.65. The molecule has 2 N–H and O–H groups in total. The molecule has 0 fully saturated rings. The van der Waals surface area contributed by atoms with Crippen LogP contribution in [0.3, 0.4) is 0 Å². The lowest BCUT2D eigenvalue weighted by Gasteiger charge is -2.14. The molecule has 2 aromatic rings. The molecule has 2 aromatic carbocycles. The predicted octanol–water partition coefficient (Wildman–Crippen LogP) is -0.0105. The fraction of sp³-hybridized carbons (Fsp3) is 0.278. The smallest absolute Gasteiger partial charge is 0.303 e. The molecule has 0 bridgehead atoms. The van der Waals surface area contributed by atoms with E-state index in [2.05, 4.69) is 48.7 Å². The maximum atomic E-state index is 10.5. The maximum Gasteiger partial charge on any atom is 0.303 e. The number of unbranched alkanes of at least 4 members (excludes halogenated alkanes) is 2. The third-order valence-corrected chi connectivity index (χ3v) is 4.08. The van der Waals surface area contributed by atoms with Crippen LogP contribution < -0.4 is 21.9 Å². The third kappa shape index (κ3) is 3.57. The zero-order valence-corrected chi connectivity index (χ0v) is 14.0. The van der Waals surface area contributed by atoms with Crippen LogP contribution in [-0.4, -0.2) is 17.6 Å². The highest BCUT2D eigenvalue weighted by atomic mass is 79.9. The molecule has 0 aliphatic carbocycles. The zero-order chi connectivity index (χ0) is 14.7. The van der Waals surface area contributed by atoms with Crippen molar-refractivity contribution in [1.29, 1.82) is 0 Å². The van der Waals surface area contributed by atoms with Crippen LogP contribution in [0.4, 0.5) is 5.69 Å². The molecular formula is C18H20BrNO2. The molecule has 1 aliphatic heterocycles. The van der Waals surface area contributed by atoms with Crippen molar-refractivity contribution in [3.8, 4) is 0 Å². The van der Waals surface area contributed by atoms with Crippen molar-refractivity contribution in [3.05, 3.63) is 48.2 Å². The molecule has 4 heteroatoms. The first-order chi connectivity index (χ1) is 10.3. The van der Waals surface area contributed by atoms with Gasteiger partial charge in [0.2, 0.25) is 0 Å². The summed E-state index contributed by atoms with van der Waals surface area (Å²) in [6, 6.07) is 12.9. The third-order valence-electron chi connectivity index (χ3n) is 4.08. The van der Waals surface area contributed by atoms with Crippen LogP contribution in [0.15, 0.2) is 42.6 Å². The van der Waals surface area contributed by atoms with Crippen LogP contribution in [0.1, 0.15) is 31.2 Å². The van der Waals surface area contributed by atoms with Gasteiger partial charge in [0.05, 0.1) is 6.54 Å². The molecule has 0 saturated carbocycles. The summed E-state index contributed by atoms with van der Waals surface area (Å²) in [4.78, 5) is 11.9. The predicted molar refractivity (Wildman–Crippen MR) is 84.6 cm³/mol. The highest BCUT2D eigenvalue weighted by molar-refractivity contribution is 5.95. The molecule has 0 saturated heterocycles. The number of fused-ring (bicyclic) bond motifs is 3. The summed E-state index contributed by atoms with van der Waals surface area (Å²) in [6.07, 6.45) is 7.49. The summed E-state index contributed by atoms with van der Waals surface area (Å²) in [5.74, 6) is -0.695. The Morgan fingerprint density at radius 2 is 1.86 bits per heavy atom. The van der Waals surface area contributed by atoms with Crippen molar-refractivity contribution in [2.24, 2.45) is 0 Å². The average molecular weight is 362 g/mol. The minimum absolute atomic E-state index is 0. The first-order valence-corrected chi connectivity index (χ1v) is 7.53. The highest BCUT2D eigenvalue weighted by Gasteiger charge is 2.21. The number of nitrogens with one attached hydrogen (secondary N) is 1. The Balaban J connectivity index is 0.00000176. The van der Waals surface area contributed by atoms with Crippen molar-refractivity contribution in [2.45, 2.75) is 25.7 Å². The van der Waals surface area contributed by atoms with Crippen LogP contribution in [0.5, 0.6) is 0 Å². The maximum absolute atomic E-state index is 10.5. The summed E-state index contributed by atoms with van der Waals surface area (Å²) < 4.78 is 0. The van der Waals surface area contributed by atoms with Gasteiger partial charge in [0.25, 0.3) is 0 Å². The number of hydrogen-bond acceptors (Lipinski definition) is 1. The molecule has 3 nitrogen and oxygen atoms in total. The molecule has 22 heavy (non-hydrogen) atoms. The number of rotatable bonds is 6. The molecule has 0 amide bonds. The molecule has 116 valence electrons. The van der Waals surface area contributed by atoms with Crippen LogP contribution in [0.25, 0.3) is 16.8 Å². The van der Waals surface area contributed by atoms with Gasteiger partial charge in [-0.25, -0.2) is 0 Å². The largest absolute Gasteiger partial charge is 1.00 e. The van der Waals surface area contributed by atoms with E-state index in [9.17, 15) is 4.79 Å². The molecule has 0 aromatic heterocycles. The van der Waals surface area contributed by atoms with E-state index in [0.717, 1.165) is 25.8 Å². The molecule has 0 radical (unpaired) electrons. The highest BCUT2D eigenvalue weighted by Crippen LogP contribution is 2.27. The van der Waals surface area contributed by atoms with Gasteiger partial charge in [0, 0.05) is 23.4 Å². The number of carboxylic acids is 1. The van der Waals surface area contributed by atoms with Gasteiger partial charge < -0.3 is 22.1 Å². The van der Waals surface area contributed by atoms with E-state index < -0.39 is 5.97 Å². The monoisotopic (exact) mass is 361 g/mol. The lowest BCUT2D eigenvalue weighted by molar-refractivity contribution is -0.771. The van der Waals surface area contributed by atoms with Crippen molar-refractivity contribution in [2.75, 3.05) is 6.54 Å². The summed E-state index contributed by atoms with van der Waals surface area (Å²) in [6.45, 7) is 1.02. The number of hydrogen-bond donors (Lipinski definition) is 2. The van der Waals surface area contributed by atoms with Gasteiger partial charge in [-0.1, -0.05) is 24.3 Å². The van der Waals surface area contributed by atoms with Crippen LogP contribution >= 0.6 is 0 Å². The van der Waals surface area contributed by atoms with E-state index in [1.54, 1.807) is 0 Å². The van der Waals surface area contributed by atoms with E-state index in [4.69, 9.17) is 5.11 Å². The quantitative estimate of drug-likeness (QED) is 0.710. The molecular weight excluding hydrogens is 342 g/mol. The first kappa shape index (κ1) is 16.7.